The van der Waals surface area contributed by atoms with Gasteiger partial charge >= 0.3 is 0 Å². The maximum atomic E-state index is 6.23. The van der Waals surface area contributed by atoms with Crippen LogP contribution in [0.4, 0.5) is 0 Å². The van der Waals surface area contributed by atoms with Crippen molar-refractivity contribution in [3.8, 4) is 16.9 Å². The molecule has 0 saturated heterocycles. The topological polar surface area (TPSA) is 35.2 Å². The highest BCUT2D eigenvalue weighted by molar-refractivity contribution is 5.70. The van der Waals surface area contributed by atoms with Crippen molar-refractivity contribution in [2.45, 2.75) is 37.8 Å². The summed E-state index contributed by atoms with van der Waals surface area (Å²) in [5, 5.41) is 0. The van der Waals surface area contributed by atoms with Crippen molar-refractivity contribution in [3.05, 3.63) is 54.6 Å². The standard InChI is InChI=1S/C18H21NO/c19-16-11-5-7-13-18(16)20-17-12-6-4-10-15(17)14-8-2-1-3-9-14/h1-4,6,8-10,12,16,18H,5,7,11,13,19H2. The first kappa shape index (κ1) is 13.2. The van der Waals surface area contributed by atoms with E-state index in [1.807, 2.05) is 18.2 Å². The SMILES string of the molecule is NC1CCCCC1Oc1ccccc1-c1ccccc1. The smallest absolute Gasteiger partial charge is 0.127 e. The van der Waals surface area contributed by atoms with Gasteiger partial charge in [-0.1, -0.05) is 55.0 Å². The third-order valence-electron chi connectivity index (χ3n) is 4.00. The van der Waals surface area contributed by atoms with Crippen molar-refractivity contribution >= 4 is 0 Å². The highest BCUT2D eigenvalue weighted by Gasteiger charge is 2.24. The van der Waals surface area contributed by atoms with E-state index < -0.39 is 0 Å². The van der Waals surface area contributed by atoms with Gasteiger partial charge in [-0.3, -0.25) is 0 Å². The Hall–Kier alpha value is -1.80. The Morgan fingerprint density at radius 1 is 0.850 bits per heavy atom. The minimum atomic E-state index is 0.147. The second-order valence-electron chi connectivity index (χ2n) is 5.47. The van der Waals surface area contributed by atoms with Crippen LogP contribution in [0.15, 0.2) is 54.6 Å². The maximum Gasteiger partial charge on any atom is 0.127 e. The van der Waals surface area contributed by atoms with Gasteiger partial charge in [0.1, 0.15) is 11.9 Å². The van der Waals surface area contributed by atoms with E-state index in [1.54, 1.807) is 0 Å². The largest absolute Gasteiger partial charge is 0.488 e. The van der Waals surface area contributed by atoms with Gasteiger partial charge in [-0.05, 0) is 30.9 Å². The quantitative estimate of drug-likeness (QED) is 0.912. The molecule has 0 bridgehead atoms. The van der Waals surface area contributed by atoms with Gasteiger partial charge < -0.3 is 10.5 Å². The lowest BCUT2D eigenvalue weighted by molar-refractivity contribution is 0.133. The first-order valence-electron chi connectivity index (χ1n) is 7.41. The van der Waals surface area contributed by atoms with Crippen molar-refractivity contribution in [2.24, 2.45) is 5.73 Å². The highest BCUT2D eigenvalue weighted by Crippen LogP contribution is 2.32. The van der Waals surface area contributed by atoms with Crippen molar-refractivity contribution in [2.75, 3.05) is 0 Å². The lowest BCUT2D eigenvalue weighted by atomic mass is 9.93. The van der Waals surface area contributed by atoms with Crippen LogP contribution in [0.5, 0.6) is 5.75 Å². The number of rotatable bonds is 3. The molecule has 0 aliphatic heterocycles. The molecule has 0 amide bonds. The van der Waals surface area contributed by atoms with E-state index in [9.17, 15) is 0 Å². The van der Waals surface area contributed by atoms with Crippen LogP contribution >= 0.6 is 0 Å². The molecule has 2 N–H and O–H groups in total. The monoisotopic (exact) mass is 267 g/mol. The molecule has 2 atom stereocenters. The fraction of sp³-hybridized carbons (Fsp3) is 0.333. The van der Waals surface area contributed by atoms with Gasteiger partial charge in [-0.25, -0.2) is 0 Å². The Bertz CT molecular complexity index is 552. The predicted molar refractivity (Wildman–Crippen MR) is 82.7 cm³/mol. The number of hydrogen-bond acceptors (Lipinski definition) is 2. The molecule has 2 nitrogen and oxygen atoms in total. The predicted octanol–water partition coefficient (Wildman–Crippen LogP) is 4.00. The molecule has 0 heterocycles. The van der Waals surface area contributed by atoms with Crippen LogP contribution in [-0.2, 0) is 0 Å². The van der Waals surface area contributed by atoms with Gasteiger partial charge in [0.25, 0.3) is 0 Å². The van der Waals surface area contributed by atoms with E-state index in [1.165, 1.54) is 18.4 Å². The molecule has 0 spiro atoms. The number of hydrogen-bond donors (Lipinski definition) is 1. The molecule has 1 aliphatic rings. The van der Waals surface area contributed by atoms with Crippen LogP contribution in [0.25, 0.3) is 11.1 Å². The van der Waals surface area contributed by atoms with Gasteiger partial charge in [-0.2, -0.15) is 0 Å². The number of ether oxygens (including phenoxy) is 1. The van der Waals surface area contributed by atoms with E-state index in [2.05, 4.69) is 36.4 Å². The molecule has 1 fully saturated rings. The average Bonchev–Trinajstić information content (AvgIpc) is 2.51. The zero-order valence-corrected chi connectivity index (χ0v) is 11.7. The van der Waals surface area contributed by atoms with Crippen LogP contribution in [0.3, 0.4) is 0 Å². The van der Waals surface area contributed by atoms with Crippen molar-refractivity contribution in [1.82, 2.24) is 0 Å². The van der Waals surface area contributed by atoms with Crippen LogP contribution in [0.1, 0.15) is 25.7 Å². The van der Waals surface area contributed by atoms with E-state index in [0.29, 0.717) is 0 Å². The van der Waals surface area contributed by atoms with E-state index in [4.69, 9.17) is 10.5 Å². The van der Waals surface area contributed by atoms with Crippen LogP contribution < -0.4 is 10.5 Å². The Morgan fingerprint density at radius 2 is 1.55 bits per heavy atom. The average molecular weight is 267 g/mol. The first-order chi connectivity index (χ1) is 9.84. The minimum Gasteiger partial charge on any atom is -0.488 e. The Kier molecular flexibility index (Phi) is 4.03. The molecule has 2 heteroatoms. The lowest BCUT2D eigenvalue weighted by Gasteiger charge is -2.29. The number of benzene rings is 2. The molecule has 1 aliphatic carbocycles. The van der Waals surface area contributed by atoms with Gasteiger partial charge in [0.2, 0.25) is 0 Å². The summed E-state index contributed by atoms with van der Waals surface area (Å²) in [6, 6.07) is 18.8. The Morgan fingerprint density at radius 3 is 2.35 bits per heavy atom. The molecule has 104 valence electrons. The molecular formula is C18H21NO. The fourth-order valence-electron chi connectivity index (χ4n) is 2.86. The summed E-state index contributed by atoms with van der Waals surface area (Å²) in [7, 11) is 0. The second-order valence-corrected chi connectivity index (χ2v) is 5.47. The normalized spacial score (nSPS) is 22.4. The van der Waals surface area contributed by atoms with Crippen LogP contribution in [0, 0.1) is 0 Å². The molecule has 0 aromatic heterocycles. The van der Waals surface area contributed by atoms with Gasteiger partial charge in [0.15, 0.2) is 0 Å². The molecule has 2 aromatic carbocycles. The molecule has 2 unspecified atom stereocenters. The third-order valence-corrected chi connectivity index (χ3v) is 4.00. The molecule has 2 aromatic rings. The molecular weight excluding hydrogens is 246 g/mol. The van der Waals surface area contributed by atoms with Gasteiger partial charge in [0, 0.05) is 11.6 Å². The third kappa shape index (κ3) is 2.86. The van der Waals surface area contributed by atoms with Crippen molar-refractivity contribution < 1.29 is 4.74 Å². The molecule has 1 saturated carbocycles. The van der Waals surface area contributed by atoms with Crippen LogP contribution in [0.2, 0.25) is 0 Å². The Balaban J connectivity index is 1.86. The molecule has 20 heavy (non-hydrogen) atoms. The Labute approximate surface area is 120 Å². The summed E-state index contributed by atoms with van der Waals surface area (Å²) < 4.78 is 6.23. The minimum absolute atomic E-state index is 0.147. The molecule has 3 rings (SSSR count). The summed E-state index contributed by atoms with van der Waals surface area (Å²) in [5.41, 5.74) is 8.52. The van der Waals surface area contributed by atoms with Gasteiger partial charge in [-0.15, -0.1) is 0 Å². The maximum absolute atomic E-state index is 6.23. The summed E-state index contributed by atoms with van der Waals surface area (Å²) in [5.74, 6) is 0.945. The zero-order chi connectivity index (χ0) is 13.8. The first-order valence-corrected chi connectivity index (χ1v) is 7.41. The van der Waals surface area contributed by atoms with E-state index in [0.717, 1.165) is 24.2 Å². The summed E-state index contributed by atoms with van der Waals surface area (Å²) in [6.07, 6.45) is 4.71. The summed E-state index contributed by atoms with van der Waals surface area (Å²) >= 11 is 0. The number of para-hydroxylation sites is 1. The fourth-order valence-corrected chi connectivity index (χ4v) is 2.86. The van der Waals surface area contributed by atoms with Crippen LogP contribution in [-0.4, -0.2) is 12.1 Å². The van der Waals surface area contributed by atoms with Gasteiger partial charge in [0.05, 0.1) is 0 Å². The van der Waals surface area contributed by atoms with Crippen molar-refractivity contribution in [3.63, 3.8) is 0 Å². The second kappa shape index (κ2) is 6.10. The van der Waals surface area contributed by atoms with Crippen molar-refractivity contribution in [1.29, 1.82) is 0 Å². The van der Waals surface area contributed by atoms with E-state index in [-0.39, 0.29) is 12.1 Å². The zero-order valence-electron chi connectivity index (χ0n) is 11.7. The highest BCUT2D eigenvalue weighted by atomic mass is 16.5. The molecule has 0 radical (unpaired) electrons. The number of nitrogens with two attached hydrogens (primary N) is 1. The lowest BCUT2D eigenvalue weighted by Crippen LogP contribution is -2.41. The summed E-state index contributed by atoms with van der Waals surface area (Å²) in [6.45, 7) is 0. The van der Waals surface area contributed by atoms with E-state index >= 15 is 0 Å². The summed E-state index contributed by atoms with van der Waals surface area (Å²) in [4.78, 5) is 0.